The summed E-state index contributed by atoms with van der Waals surface area (Å²) in [5.41, 5.74) is 6.82. The van der Waals surface area contributed by atoms with Crippen molar-refractivity contribution in [3.63, 3.8) is 0 Å². The summed E-state index contributed by atoms with van der Waals surface area (Å²) in [6.45, 7) is 3.22. The van der Waals surface area contributed by atoms with Gasteiger partial charge in [-0.05, 0) is 17.2 Å². The van der Waals surface area contributed by atoms with Crippen molar-refractivity contribution in [2.24, 2.45) is 5.18 Å². The van der Waals surface area contributed by atoms with Crippen LogP contribution >= 0.6 is 0 Å². The van der Waals surface area contributed by atoms with Gasteiger partial charge in [0.15, 0.2) is 5.82 Å². The third kappa shape index (κ3) is 8.76. The molecule has 1 aromatic carbocycles. The normalized spacial score (nSPS) is 10.7. The van der Waals surface area contributed by atoms with Crippen molar-refractivity contribution in [3.05, 3.63) is 40.8 Å². The van der Waals surface area contributed by atoms with E-state index in [9.17, 15) is 4.91 Å². The van der Waals surface area contributed by atoms with Crippen molar-refractivity contribution >= 4 is 17.5 Å². The van der Waals surface area contributed by atoms with Gasteiger partial charge in [0.05, 0.1) is 0 Å². The minimum absolute atomic E-state index is 0.0519. The van der Waals surface area contributed by atoms with E-state index in [1.807, 2.05) is 30.3 Å². The Morgan fingerprint density at radius 2 is 1.57 bits per heavy atom. The molecule has 0 atom stereocenters. The van der Waals surface area contributed by atoms with Crippen LogP contribution < -0.4 is 15.8 Å². The molecule has 0 unspecified atom stereocenters. The molecule has 0 radical (unpaired) electrons. The molecular weight excluding hydrogens is 378 g/mol. The monoisotopic (exact) mass is 413 g/mol. The van der Waals surface area contributed by atoms with Gasteiger partial charge in [-0.15, -0.1) is 4.91 Å². The number of benzene rings is 1. The number of hydrogen-bond acceptors (Lipinski definition) is 7. The first-order valence-electron chi connectivity index (χ1n) is 11.2. The number of nitrogens with two attached hydrogens (primary N) is 1. The van der Waals surface area contributed by atoms with Crippen LogP contribution in [0.3, 0.4) is 0 Å². The van der Waals surface area contributed by atoms with E-state index in [1.54, 1.807) is 0 Å². The lowest BCUT2D eigenvalue weighted by Gasteiger charge is -2.12. The van der Waals surface area contributed by atoms with Crippen molar-refractivity contribution in [3.8, 4) is 5.88 Å². The molecule has 2 rings (SSSR count). The van der Waals surface area contributed by atoms with E-state index < -0.39 is 0 Å². The number of nitrogens with one attached hydrogen (secondary N) is 1. The highest BCUT2D eigenvalue weighted by atomic mass is 16.5. The Kier molecular flexibility index (Phi) is 11.2. The summed E-state index contributed by atoms with van der Waals surface area (Å²) >= 11 is 0. The summed E-state index contributed by atoms with van der Waals surface area (Å²) in [5, 5.41) is 6.24. The van der Waals surface area contributed by atoms with Gasteiger partial charge in [-0.3, -0.25) is 0 Å². The minimum atomic E-state index is 0.0519. The van der Waals surface area contributed by atoms with Crippen molar-refractivity contribution < 1.29 is 4.74 Å². The summed E-state index contributed by atoms with van der Waals surface area (Å²) in [7, 11) is 0. The number of nitroso groups, excluding NO2 is 1. The van der Waals surface area contributed by atoms with E-state index in [1.165, 1.54) is 51.4 Å². The number of rotatable bonds is 16. The molecule has 0 amide bonds. The van der Waals surface area contributed by atoms with E-state index in [-0.39, 0.29) is 24.1 Å². The summed E-state index contributed by atoms with van der Waals surface area (Å²) in [5.74, 6) is 0.486. The number of nitrogen functional groups attached to an aromatic ring is 1. The van der Waals surface area contributed by atoms with Gasteiger partial charge >= 0.3 is 0 Å². The van der Waals surface area contributed by atoms with Gasteiger partial charge in [-0.25, -0.2) is 0 Å². The molecule has 2 aromatic rings. The first-order chi connectivity index (χ1) is 14.7. The van der Waals surface area contributed by atoms with Gasteiger partial charge in [0.2, 0.25) is 11.6 Å². The largest absolute Gasteiger partial charge is 0.471 e. The molecule has 3 N–H and O–H groups in total. The molecule has 0 aliphatic carbocycles. The molecule has 7 heteroatoms. The van der Waals surface area contributed by atoms with Crippen LogP contribution in [-0.2, 0) is 6.61 Å². The van der Waals surface area contributed by atoms with Crippen LogP contribution in [-0.4, -0.2) is 16.5 Å². The molecule has 0 saturated carbocycles. The van der Waals surface area contributed by atoms with Crippen molar-refractivity contribution in [2.75, 3.05) is 17.6 Å². The lowest BCUT2D eigenvalue weighted by Crippen LogP contribution is -2.08. The smallest absolute Gasteiger partial charge is 0.251 e. The molecule has 1 aromatic heterocycles. The number of unbranched alkanes of at least 4 members (excludes halogenated alkanes) is 9. The summed E-state index contributed by atoms with van der Waals surface area (Å²) in [6, 6.07) is 9.64. The first kappa shape index (κ1) is 23.6. The average Bonchev–Trinajstić information content (AvgIpc) is 2.76. The molecule has 164 valence electrons. The quantitative estimate of drug-likeness (QED) is 0.245. The Balaban J connectivity index is 1.73. The number of anilines is 2. The topological polar surface area (TPSA) is 102 Å². The fourth-order valence-electron chi connectivity index (χ4n) is 3.30. The standard InChI is InChI=1S/C23H35N5O2/c1-2-3-4-5-6-7-8-9-10-14-17-25-21-20(28-29)22(27-23(24)26-21)30-18-19-15-12-11-13-16-19/h11-13,15-16H,2-10,14,17-18H2,1H3,(H3,24,25,26,27). The van der Waals surface area contributed by atoms with Crippen LogP contribution in [0.25, 0.3) is 0 Å². The van der Waals surface area contributed by atoms with E-state index in [4.69, 9.17) is 10.5 Å². The van der Waals surface area contributed by atoms with Gasteiger partial charge in [0.25, 0.3) is 5.88 Å². The first-order valence-corrected chi connectivity index (χ1v) is 11.2. The van der Waals surface area contributed by atoms with Crippen molar-refractivity contribution in [2.45, 2.75) is 77.7 Å². The van der Waals surface area contributed by atoms with Gasteiger partial charge in [0, 0.05) is 6.54 Å². The van der Waals surface area contributed by atoms with E-state index >= 15 is 0 Å². The lowest BCUT2D eigenvalue weighted by molar-refractivity contribution is 0.295. The van der Waals surface area contributed by atoms with Gasteiger partial charge in [-0.2, -0.15) is 9.97 Å². The minimum Gasteiger partial charge on any atom is -0.471 e. The Morgan fingerprint density at radius 3 is 2.20 bits per heavy atom. The van der Waals surface area contributed by atoms with E-state index in [0.717, 1.165) is 18.4 Å². The summed E-state index contributed by atoms with van der Waals surface area (Å²) < 4.78 is 5.68. The maximum atomic E-state index is 11.4. The predicted molar refractivity (Wildman–Crippen MR) is 123 cm³/mol. The average molecular weight is 414 g/mol. The molecule has 0 spiro atoms. The molecule has 0 fully saturated rings. The molecule has 7 nitrogen and oxygen atoms in total. The fourth-order valence-corrected chi connectivity index (χ4v) is 3.30. The second-order valence-corrected chi connectivity index (χ2v) is 7.56. The maximum absolute atomic E-state index is 11.4. The lowest BCUT2D eigenvalue weighted by atomic mass is 10.1. The van der Waals surface area contributed by atoms with Crippen LogP contribution in [0.5, 0.6) is 5.88 Å². The zero-order valence-electron chi connectivity index (χ0n) is 18.1. The van der Waals surface area contributed by atoms with Crippen LogP contribution in [0.4, 0.5) is 17.5 Å². The van der Waals surface area contributed by atoms with Crippen LogP contribution in [0.2, 0.25) is 0 Å². The zero-order chi connectivity index (χ0) is 21.4. The summed E-state index contributed by atoms with van der Waals surface area (Å²) in [4.78, 5) is 19.5. The second kappa shape index (κ2) is 14.3. The predicted octanol–water partition coefficient (Wildman–Crippen LogP) is 6.37. The van der Waals surface area contributed by atoms with Crippen LogP contribution in [0, 0.1) is 4.91 Å². The molecule has 0 aliphatic rings. The number of aromatic nitrogens is 2. The van der Waals surface area contributed by atoms with E-state index in [0.29, 0.717) is 12.4 Å². The molecular formula is C23H35N5O2. The Morgan fingerprint density at radius 1 is 0.933 bits per heavy atom. The second-order valence-electron chi connectivity index (χ2n) is 7.56. The SMILES string of the molecule is CCCCCCCCCCCCNc1nc(N)nc(OCc2ccccc2)c1N=O. The van der Waals surface area contributed by atoms with Crippen molar-refractivity contribution in [1.82, 2.24) is 9.97 Å². The number of ether oxygens (including phenoxy) is 1. The van der Waals surface area contributed by atoms with Gasteiger partial charge in [-0.1, -0.05) is 95.0 Å². The Hall–Kier alpha value is -2.70. The fraction of sp³-hybridized carbons (Fsp3) is 0.565. The van der Waals surface area contributed by atoms with Gasteiger partial charge in [0.1, 0.15) is 6.61 Å². The highest BCUT2D eigenvalue weighted by molar-refractivity contribution is 5.67. The molecule has 0 bridgehead atoms. The Bertz CT molecular complexity index is 740. The van der Waals surface area contributed by atoms with Crippen LogP contribution in [0.1, 0.15) is 76.7 Å². The maximum Gasteiger partial charge on any atom is 0.251 e. The Labute approximate surface area is 179 Å². The zero-order valence-corrected chi connectivity index (χ0v) is 18.1. The van der Waals surface area contributed by atoms with E-state index in [2.05, 4.69) is 27.4 Å². The van der Waals surface area contributed by atoms with Crippen molar-refractivity contribution in [1.29, 1.82) is 0 Å². The van der Waals surface area contributed by atoms with Gasteiger partial charge < -0.3 is 15.8 Å². The number of hydrogen-bond donors (Lipinski definition) is 2. The highest BCUT2D eigenvalue weighted by Crippen LogP contribution is 2.33. The molecule has 1 heterocycles. The number of nitrogens with zero attached hydrogens (tertiary/aromatic N) is 3. The third-order valence-corrected chi connectivity index (χ3v) is 5.00. The molecule has 0 aliphatic heterocycles. The molecule has 0 saturated heterocycles. The van der Waals surface area contributed by atoms with Crippen LogP contribution in [0.15, 0.2) is 35.5 Å². The summed E-state index contributed by atoms with van der Waals surface area (Å²) in [6.07, 6.45) is 12.7. The third-order valence-electron chi connectivity index (χ3n) is 5.00. The molecule has 30 heavy (non-hydrogen) atoms. The highest BCUT2D eigenvalue weighted by Gasteiger charge is 2.16.